The molecule has 2 heterocycles. The minimum atomic E-state index is -4.78. The Kier molecular flexibility index (Phi) is 3.96. The van der Waals surface area contributed by atoms with Crippen LogP contribution in [0, 0.1) is 0 Å². The van der Waals surface area contributed by atoms with Gasteiger partial charge in [0.1, 0.15) is 0 Å². The van der Waals surface area contributed by atoms with Crippen LogP contribution in [0.15, 0.2) is 48.9 Å². The SMILES string of the molecule is COC(=O)C(c1cn(-c2ncccn2)c2ccccc12)C(F)(F)F. The summed E-state index contributed by atoms with van der Waals surface area (Å²) in [5.74, 6) is -3.53. The number of ether oxygens (including phenoxy) is 1. The van der Waals surface area contributed by atoms with Crippen molar-refractivity contribution in [2.24, 2.45) is 0 Å². The number of hydrogen-bond acceptors (Lipinski definition) is 4. The zero-order valence-corrected chi connectivity index (χ0v) is 12.5. The van der Waals surface area contributed by atoms with E-state index in [2.05, 4.69) is 14.7 Å². The third kappa shape index (κ3) is 2.70. The van der Waals surface area contributed by atoms with Crippen molar-refractivity contribution in [3.8, 4) is 5.95 Å². The van der Waals surface area contributed by atoms with Crippen molar-refractivity contribution in [2.45, 2.75) is 12.1 Å². The van der Waals surface area contributed by atoms with Gasteiger partial charge in [-0.1, -0.05) is 18.2 Å². The number of rotatable bonds is 3. The molecule has 2 aromatic heterocycles. The molecule has 3 aromatic rings. The van der Waals surface area contributed by atoms with Crippen LogP contribution in [-0.2, 0) is 9.53 Å². The molecule has 0 fully saturated rings. The lowest BCUT2D eigenvalue weighted by Crippen LogP contribution is -2.29. The summed E-state index contributed by atoms with van der Waals surface area (Å²) >= 11 is 0. The van der Waals surface area contributed by atoms with Gasteiger partial charge in [0.15, 0.2) is 5.92 Å². The van der Waals surface area contributed by atoms with E-state index in [1.165, 1.54) is 29.2 Å². The van der Waals surface area contributed by atoms with E-state index in [1.807, 2.05) is 0 Å². The molecule has 5 nitrogen and oxygen atoms in total. The highest BCUT2D eigenvalue weighted by Crippen LogP contribution is 2.40. The van der Waals surface area contributed by atoms with Gasteiger partial charge in [-0.3, -0.25) is 9.36 Å². The highest BCUT2D eigenvalue weighted by atomic mass is 19.4. The highest BCUT2D eigenvalue weighted by molar-refractivity contribution is 5.91. The summed E-state index contributed by atoms with van der Waals surface area (Å²) < 4.78 is 46.1. The first-order valence-electron chi connectivity index (χ1n) is 6.95. The van der Waals surface area contributed by atoms with Gasteiger partial charge in [0, 0.05) is 29.5 Å². The zero-order valence-electron chi connectivity index (χ0n) is 12.5. The summed E-state index contributed by atoms with van der Waals surface area (Å²) in [4.78, 5) is 19.9. The molecule has 24 heavy (non-hydrogen) atoms. The van der Waals surface area contributed by atoms with Crippen molar-refractivity contribution in [2.75, 3.05) is 7.11 Å². The van der Waals surface area contributed by atoms with Crippen molar-refractivity contribution < 1.29 is 22.7 Å². The molecule has 0 saturated heterocycles. The fourth-order valence-electron chi connectivity index (χ4n) is 2.57. The van der Waals surface area contributed by atoms with Gasteiger partial charge in [-0.2, -0.15) is 13.2 Å². The minimum absolute atomic E-state index is 0.197. The molecule has 1 atom stereocenters. The first-order chi connectivity index (χ1) is 11.4. The Morgan fingerprint density at radius 3 is 2.46 bits per heavy atom. The van der Waals surface area contributed by atoms with E-state index in [9.17, 15) is 18.0 Å². The molecule has 0 radical (unpaired) electrons. The van der Waals surface area contributed by atoms with Gasteiger partial charge in [0.2, 0.25) is 5.95 Å². The smallest absolute Gasteiger partial charge is 0.406 e. The number of alkyl halides is 3. The molecule has 0 N–H and O–H groups in total. The van der Waals surface area contributed by atoms with Gasteiger partial charge in [0.05, 0.1) is 12.6 Å². The number of fused-ring (bicyclic) bond motifs is 1. The topological polar surface area (TPSA) is 57.0 Å². The van der Waals surface area contributed by atoms with Gasteiger partial charge in [0.25, 0.3) is 0 Å². The number of benzene rings is 1. The van der Waals surface area contributed by atoms with Gasteiger partial charge < -0.3 is 4.74 Å². The van der Waals surface area contributed by atoms with Crippen molar-refractivity contribution >= 4 is 16.9 Å². The van der Waals surface area contributed by atoms with E-state index >= 15 is 0 Å². The number of carbonyl (C=O) groups excluding carboxylic acids is 1. The summed E-state index contributed by atoms with van der Waals surface area (Å²) in [6.07, 6.45) is -0.578. The molecule has 1 unspecified atom stereocenters. The van der Waals surface area contributed by atoms with Crippen molar-refractivity contribution in [1.29, 1.82) is 0 Å². The van der Waals surface area contributed by atoms with Gasteiger partial charge in [-0.15, -0.1) is 0 Å². The maximum Gasteiger partial charge on any atom is 0.406 e. The van der Waals surface area contributed by atoms with Gasteiger partial charge >= 0.3 is 12.1 Å². The largest absolute Gasteiger partial charge is 0.468 e. The van der Waals surface area contributed by atoms with E-state index < -0.39 is 18.1 Å². The summed E-state index contributed by atoms with van der Waals surface area (Å²) in [6.45, 7) is 0. The number of aromatic nitrogens is 3. The average Bonchev–Trinajstić information content (AvgIpc) is 2.94. The minimum Gasteiger partial charge on any atom is -0.468 e. The number of carbonyl (C=O) groups is 1. The summed E-state index contributed by atoms with van der Waals surface area (Å²) in [5.41, 5.74) is 0.272. The second kappa shape index (κ2) is 5.95. The molecule has 1 aromatic carbocycles. The predicted molar refractivity (Wildman–Crippen MR) is 79.7 cm³/mol. The fraction of sp³-hybridized carbons (Fsp3) is 0.188. The third-order valence-electron chi connectivity index (χ3n) is 3.59. The Labute approximate surface area is 134 Å². The number of para-hydroxylation sites is 1. The molecule has 3 rings (SSSR count). The molecular formula is C16H12F3N3O2. The molecule has 0 aliphatic heterocycles. The number of methoxy groups -OCH3 is 1. The van der Waals surface area contributed by atoms with Crippen LogP contribution >= 0.6 is 0 Å². The Morgan fingerprint density at radius 2 is 1.83 bits per heavy atom. The average molecular weight is 335 g/mol. The number of halogens is 3. The van der Waals surface area contributed by atoms with Crippen LogP contribution in [-0.4, -0.2) is 33.8 Å². The highest BCUT2D eigenvalue weighted by Gasteiger charge is 2.48. The molecule has 0 amide bonds. The Balaban J connectivity index is 2.27. The molecular weight excluding hydrogens is 323 g/mol. The maximum absolute atomic E-state index is 13.4. The van der Waals surface area contributed by atoms with Crippen LogP contribution in [0.4, 0.5) is 13.2 Å². The Morgan fingerprint density at radius 1 is 1.17 bits per heavy atom. The van der Waals surface area contributed by atoms with Gasteiger partial charge in [-0.25, -0.2) is 9.97 Å². The van der Waals surface area contributed by atoms with Crippen LogP contribution in [0.2, 0.25) is 0 Å². The summed E-state index contributed by atoms with van der Waals surface area (Å²) in [5, 5.41) is 0.290. The molecule has 0 bridgehead atoms. The van der Waals surface area contributed by atoms with Gasteiger partial charge in [-0.05, 0) is 12.1 Å². The van der Waals surface area contributed by atoms with Crippen LogP contribution in [0.3, 0.4) is 0 Å². The van der Waals surface area contributed by atoms with Crippen LogP contribution in [0.5, 0.6) is 0 Å². The number of nitrogens with zero attached hydrogens (tertiary/aromatic N) is 3. The zero-order chi connectivity index (χ0) is 17.3. The number of esters is 1. The molecule has 0 aliphatic rings. The lowest BCUT2D eigenvalue weighted by Gasteiger charge is -2.17. The van der Waals surface area contributed by atoms with Crippen molar-refractivity contribution in [3.05, 3.63) is 54.5 Å². The fourth-order valence-corrected chi connectivity index (χ4v) is 2.57. The Bertz CT molecular complexity index is 875. The van der Waals surface area contributed by atoms with Crippen molar-refractivity contribution in [3.63, 3.8) is 0 Å². The van der Waals surface area contributed by atoms with E-state index in [0.29, 0.717) is 5.52 Å². The monoisotopic (exact) mass is 335 g/mol. The summed E-state index contributed by atoms with van der Waals surface area (Å²) in [7, 11) is 0.931. The first-order valence-corrected chi connectivity index (χ1v) is 6.95. The van der Waals surface area contributed by atoms with E-state index in [-0.39, 0.29) is 16.9 Å². The quantitative estimate of drug-likeness (QED) is 0.690. The molecule has 124 valence electrons. The normalized spacial score (nSPS) is 13.0. The van der Waals surface area contributed by atoms with Crippen LogP contribution in [0.1, 0.15) is 11.5 Å². The molecule has 0 saturated carbocycles. The number of hydrogen-bond donors (Lipinski definition) is 0. The molecule has 8 heteroatoms. The Hall–Kier alpha value is -2.90. The second-order valence-electron chi connectivity index (χ2n) is 5.02. The standard InChI is InChI=1S/C16H12F3N3O2/c1-24-14(23)13(16(17,18)19)11-9-22(15-20-7-4-8-21-15)12-6-3-2-5-10(11)12/h2-9,13H,1H3. The molecule has 0 spiro atoms. The van der Waals surface area contributed by atoms with E-state index in [1.54, 1.807) is 24.3 Å². The lowest BCUT2D eigenvalue weighted by molar-refractivity contribution is -0.179. The summed E-state index contributed by atoms with van der Waals surface area (Å²) in [6, 6.07) is 8.05. The molecule has 0 aliphatic carbocycles. The first kappa shape index (κ1) is 16.0. The van der Waals surface area contributed by atoms with Crippen molar-refractivity contribution in [1.82, 2.24) is 14.5 Å². The third-order valence-corrected chi connectivity index (χ3v) is 3.59. The lowest BCUT2D eigenvalue weighted by atomic mass is 9.98. The van der Waals surface area contributed by atoms with Crippen LogP contribution in [0.25, 0.3) is 16.9 Å². The van der Waals surface area contributed by atoms with E-state index in [0.717, 1.165) is 7.11 Å². The maximum atomic E-state index is 13.4. The van der Waals surface area contributed by atoms with E-state index in [4.69, 9.17) is 0 Å². The second-order valence-corrected chi connectivity index (χ2v) is 5.02. The predicted octanol–water partition coefficient (Wildman–Crippen LogP) is 3.24. The van der Waals surface area contributed by atoms with Crippen LogP contribution < -0.4 is 0 Å².